The highest BCUT2D eigenvalue weighted by Gasteiger charge is 2.44. The van der Waals surface area contributed by atoms with Gasteiger partial charge in [-0.25, -0.2) is 0 Å². The summed E-state index contributed by atoms with van der Waals surface area (Å²) in [7, 11) is 0. The van der Waals surface area contributed by atoms with Crippen molar-refractivity contribution in [3.63, 3.8) is 0 Å². The van der Waals surface area contributed by atoms with Crippen LogP contribution < -0.4 is 4.90 Å². The molecule has 2 aliphatic rings. The Balaban J connectivity index is 1.90. The standard InChI is InChI=1S/C24H23ClN2O4S/c1-24(2)12-20-23(21(28)13-24)17(14-4-7-16(32-3)8-5-14)11-22(29)26(20)19-10-15(27(30)31)6-9-18(19)25/h4-10,17H,11-13H2,1-3H3. The lowest BCUT2D eigenvalue weighted by Gasteiger charge is -2.43. The number of hydrogen-bond acceptors (Lipinski definition) is 5. The maximum Gasteiger partial charge on any atom is 0.271 e. The van der Waals surface area contributed by atoms with Crippen molar-refractivity contribution in [3.8, 4) is 0 Å². The summed E-state index contributed by atoms with van der Waals surface area (Å²) in [4.78, 5) is 40.2. The number of benzene rings is 2. The molecule has 32 heavy (non-hydrogen) atoms. The predicted molar refractivity (Wildman–Crippen MR) is 126 cm³/mol. The van der Waals surface area contributed by atoms with Gasteiger partial charge in [-0.05, 0) is 41.9 Å². The Hall–Kier alpha value is -2.64. The SMILES string of the molecule is CSc1ccc(C2CC(=O)N(c3cc([N+](=O)[O-])ccc3Cl)C3=C2C(=O)CC(C)(C)C3)cc1. The molecule has 2 aromatic rings. The number of halogens is 1. The number of ketones is 1. The van der Waals surface area contributed by atoms with Gasteiger partial charge < -0.3 is 0 Å². The fourth-order valence-electron chi connectivity index (χ4n) is 4.60. The molecule has 1 heterocycles. The average molecular weight is 471 g/mol. The first-order valence-corrected chi connectivity index (χ1v) is 11.9. The molecule has 8 heteroatoms. The summed E-state index contributed by atoms with van der Waals surface area (Å²) >= 11 is 8.03. The van der Waals surface area contributed by atoms with E-state index in [4.69, 9.17) is 11.6 Å². The second-order valence-corrected chi connectivity index (χ2v) is 10.2. The maximum absolute atomic E-state index is 13.5. The van der Waals surface area contributed by atoms with Crippen molar-refractivity contribution in [2.45, 2.75) is 43.9 Å². The maximum atomic E-state index is 13.5. The van der Waals surface area contributed by atoms with Crippen LogP contribution in [0, 0.1) is 15.5 Å². The molecule has 0 spiro atoms. The fraction of sp³-hybridized carbons (Fsp3) is 0.333. The number of allylic oxidation sites excluding steroid dienone is 2. The zero-order valence-corrected chi connectivity index (χ0v) is 19.6. The lowest BCUT2D eigenvalue weighted by Crippen LogP contribution is -2.43. The number of nitrogens with zero attached hydrogens (tertiary/aromatic N) is 2. The van der Waals surface area contributed by atoms with Crippen LogP contribution in [-0.4, -0.2) is 22.9 Å². The smallest absolute Gasteiger partial charge is 0.271 e. The molecule has 0 saturated carbocycles. The molecule has 0 saturated heterocycles. The van der Waals surface area contributed by atoms with Crippen LogP contribution in [0.15, 0.2) is 58.6 Å². The summed E-state index contributed by atoms with van der Waals surface area (Å²) < 4.78 is 0. The topological polar surface area (TPSA) is 80.5 Å². The molecular formula is C24H23ClN2O4S. The zero-order chi connectivity index (χ0) is 23.2. The minimum atomic E-state index is -0.518. The van der Waals surface area contributed by atoms with Crippen molar-refractivity contribution in [3.05, 3.63) is 74.4 Å². The van der Waals surface area contributed by atoms with Gasteiger partial charge in [-0.2, -0.15) is 0 Å². The Kier molecular flexibility index (Phi) is 5.90. The van der Waals surface area contributed by atoms with Crippen molar-refractivity contribution >= 4 is 46.4 Å². The first-order valence-electron chi connectivity index (χ1n) is 10.3. The molecule has 166 valence electrons. The highest BCUT2D eigenvalue weighted by atomic mass is 35.5. The molecule has 0 radical (unpaired) electrons. The molecule has 0 N–H and O–H groups in total. The third-order valence-corrected chi connectivity index (χ3v) is 7.11. The Labute approximate surface area is 195 Å². The summed E-state index contributed by atoms with van der Waals surface area (Å²) in [6, 6.07) is 12.0. The lowest BCUT2D eigenvalue weighted by molar-refractivity contribution is -0.384. The molecule has 4 rings (SSSR count). The van der Waals surface area contributed by atoms with Gasteiger partial charge in [-0.3, -0.25) is 24.6 Å². The second-order valence-electron chi connectivity index (χ2n) is 8.95. The molecule has 6 nitrogen and oxygen atoms in total. The van der Waals surface area contributed by atoms with Crippen molar-refractivity contribution < 1.29 is 14.5 Å². The molecule has 1 aliphatic heterocycles. The van der Waals surface area contributed by atoms with Crippen LogP contribution in [0.1, 0.15) is 44.6 Å². The van der Waals surface area contributed by atoms with E-state index in [0.29, 0.717) is 24.1 Å². The predicted octanol–water partition coefficient (Wildman–Crippen LogP) is 6.13. The van der Waals surface area contributed by atoms with Crippen LogP contribution in [0.4, 0.5) is 11.4 Å². The van der Waals surface area contributed by atoms with E-state index in [1.54, 1.807) is 11.8 Å². The fourth-order valence-corrected chi connectivity index (χ4v) is 5.21. The minimum absolute atomic E-state index is 0.00856. The van der Waals surface area contributed by atoms with E-state index < -0.39 is 4.92 Å². The highest BCUT2D eigenvalue weighted by Crippen LogP contribution is 2.49. The van der Waals surface area contributed by atoms with Crippen molar-refractivity contribution in [1.82, 2.24) is 0 Å². The molecule has 0 aromatic heterocycles. The average Bonchev–Trinajstić information content (AvgIpc) is 2.73. The van der Waals surface area contributed by atoms with Gasteiger partial charge in [0.05, 0.1) is 15.6 Å². The first-order chi connectivity index (χ1) is 15.1. The Bertz CT molecular complexity index is 1160. The van der Waals surface area contributed by atoms with Gasteiger partial charge in [-0.1, -0.05) is 37.6 Å². The van der Waals surface area contributed by atoms with E-state index in [0.717, 1.165) is 10.5 Å². The van der Waals surface area contributed by atoms with Gasteiger partial charge in [0.15, 0.2) is 5.78 Å². The third-order valence-electron chi connectivity index (χ3n) is 6.04. The number of nitro benzene ring substituents is 1. The molecule has 1 atom stereocenters. The van der Waals surface area contributed by atoms with Crippen LogP contribution in [0.5, 0.6) is 0 Å². The quantitative estimate of drug-likeness (QED) is 0.305. The number of amides is 1. The Morgan fingerprint density at radius 1 is 1.12 bits per heavy atom. The van der Waals surface area contributed by atoms with Crippen LogP contribution >= 0.6 is 23.4 Å². The van der Waals surface area contributed by atoms with Crippen LogP contribution in [0.25, 0.3) is 0 Å². The third kappa shape index (κ3) is 4.07. The van der Waals surface area contributed by atoms with E-state index in [9.17, 15) is 19.7 Å². The Morgan fingerprint density at radius 2 is 1.81 bits per heavy atom. The normalized spacial score (nSPS) is 20.4. The van der Waals surface area contributed by atoms with Gasteiger partial charge in [-0.15, -0.1) is 11.8 Å². The number of rotatable bonds is 4. The van der Waals surface area contributed by atoms with Crippen LogP contribution in [-0.2, 0) is 9.59 Å². The number of carbonyl (C=O) groups is 2. The minimum Gasteiger partial charge on any atom is -0.294 e. The summed E-state index contributed by atoms with van der Waals surface area (Å²) in [5.74, 6) is -0.560. The number of hydrogen-bond donors (Lipinski definition) is 0. The summed E-state index contributed by atoms with van der Waals surface area (Å²) in [5, 5.41) is 11.6. The monoisotopic (exact) mass is 470 g/mol. The van der Waals surface area contributed by atoms with E-state index in [-0.39, 0.29) is 45.8 Å². The molecule has 0 bridgehead atoms. The molecule has 0 fully saturated rings. The molecule has 2 aromatic carbocycles. The van der Waals surface area contributed by atoms with Crippen molar-refractivity contribution in [2.75, 3.05) is 11.2 Å². The van der Waals surface area contributed by atoms with Crippen molar-refractivity contribution in [2.24, 2.45) is 5.41 Å². The molecule has 1 amide bonds. The zero-order valence-electron chi connectivity index (χ0n) is 18.1. The van der Waals surface area contributed by atoms with Gasteiger partial charge in [0.1, 0.15) is 0 Å². The number of anilines is 1. The summed E-state index contributed by atoms with van der Waals surface area (Å²) in [5.41, 5.74) is 1.89. The molecule has 1 aliphatic carbocycles. The van der Waals surface area contributed by atoms with Crippen LogP contribution in [0.3, 0.4) is 0 Å². The van der Waals surface area contributed by atoms with Gasteiger partial charge in [0.25, 0.3) is 5.69 Å². The Morgan fingerprint density at radius 3 is 2.44 bits per heavy atom. The number of thioether (sulfide) groups is 1. The van der Waals surface area contributed by atoms with E-state index in [2.05, 4.69) is 0 Å². The number of carbonyl (C=O) groups excluding carboxylic acids is 2. The summed E-state index contributed by atoms with van der Waals surface area (Å²) in [6.45, 7) is 3.98. The number of non-ortho nitro benzene ring substituents is 1. The van der Waals surface area contributed by atoms with E-state index in [1.165, 1.54) is 23.1 Å². The number of nitro groups is 1. The molecular weight excluding hydrogens is 448 g/mol. The first kappa shape index (κ1) is 22.6. The summed E-state index contributed by atoms with van der Waals surface area (Å²) in [6.07, 6.45) is 2.98. The van der Waals surface area contributed by atoms with Gasteiger partial charge >= 0.3 is 0 Å². The van der Waals surface area contributed by atoms with E-state index in [1.807, 2.05) is 44.4 Å². The van der Waals surface area contributed by atoms with Crippen molar-refractivity contribution in [1.29, 1.82) is 0 Å². The van der Waals surface area contributed by atoms with Gasteiger partial charge in [0.2, 0.25) is 5.91 Å². The largest absolute Gasteiger partial charge is 0.294 e. The van der Waals surface area contributed by atoms with Gasteiger partial charge in [0, 0.05) is 47.1 Å². The second kappa shape index (κ2) is 8.37. The molecule has 1 unspecified atom stereocenters. The lowest BCUT2D eigenvalue weighted by atomic mass is 9.69. The highest BCUT2D eigenvalue weighted by molar-refractivity contribution is 7.98. The van der Waals surface area contributed by atoms with E-state index >= 15 is 0 Å². The van der Waals surface area contributed by atoms with Crippen LogP contribution in [0.2, 0.25) is 5.02 Å². The number of Topliss-reactive ketones (excluding diaryl/α,β-unsaturated/α-hetero) is 1.